The molecule has 0 spiro atoms. The van der Waals surface area contributed by atoms with Crippen LogP contribution in [0.4, 0.5) is 0 Å². The van der Waals surface area contributed by atoms with Gasteiger partial charge in [0, 0.05) is 5.38 Å². The summed E-state index contributed by atoms with van der Waals surface area (Å²) in [5, 5.41) is 10.7. The molecule has 0 amide bonds. The lowest BCUT2D eigenvalue weighted by molar-refractivity contribution is 0.743. The first-order valence-corrected chi connectivity index (χ1v) is 4.60. The minimum absolute atomic E-state index is 0.477. The van der Waals surface area contributed by atoms with Gasteiger partial charge in [0.25, 0.3) is 0 Å². The monoisotopic (exact) mass is 213 g/mol. The van der Waals surface area contributed by atoms with E-state index in [1.54, 1.807) is 11.6 Å². The number of rotatable bonds is 2. The summed E-state index contributed by atoms with van der Waals surface area (Å²) in [5.41, 5.74) is 0. The molecule has 5 nitrogen and oxygen atoms in total. The van der Waals surface area contributed by atoms with Gasteiger partial charge in [0.15, 0.2) is 0 Å². The van der Waals surface area contributed by atoms with Crippen molar-refractivity contribution in [3.05, 3.63) is 28.2 Å². The Morgan fingerprint density at radius 1 is 1.62 bits per heavy atom. The number of thiazole rings is 1. The Balaban J connectivity index is 2.14. The summed E-state index contributed by atoms with van der Waals surface area (Å²) in [6.45, 7) is 0. The van der Waals surface area contributed by atoms with Crippen LogP contribution in [0.25, 0.3) is 0 Å². The first kappa shape index (κ1) is 8.33. The second kappa shape index (κ2) is 3.63. The molecule has 2 aromatic rings. The predicted molar refractivity (Wildman–Crippen MR) is 50.1 cm³/mol. The Morgan fingerprint density at radius 3 is 3.15 bits per heavy atom. The molecule has 0 fully saturated rings. The minimum Gasteiger partial charge on any atom is -0.223 e. The molecule has 0 aliphatic carbocycles. The van der Waals surface area contributed by atoms with Gasteiger partial charge in [0.05, 0.1) is 6.21 Å². The predicted octanol–water partition coefficient (Wildman–Crippen LogP) is 1.27. The van der Waals surface area contributed by atoms with Crippen LogP contribution in [-0.2, 0) is 0 Å². The van der Waals surface area contributed by atoms with Crippen molar-refractivity contribution in [3.8, 4) is 0 Å². The molecule has 2 rings (SSSR count). The topological polar surface area (TPSA) is 56.0 Å². The molecule has 0 saturated carbocycles. The quantitative estimate of drug-likeness (QED) is 0.706. The molecule has 0 aliphatic heterocycles. The summed E-state index contributed by atoms with van der Waals surface area (Å²) in [5.74, 6) is 0. The molecule has 0 aliphatic rings. The molecule has 0 atom stereocenters. The molecule has 2 heterocycles. The Morgan fingerprint density at radius 2 is 2.54 bits per heavy atom. The van der Waals surface area contributed by atoms with Crippen LogP contribution in [-0.4, -0.2) is 26.1 Å². The largest absolute Gasteiger partial charge is 0.223 e. The fourth-order valence-electron chi connectivity index (χ4n) is 0.696. The Labute approximate surface area is 82.7 Å². The smallest absolute Gasteiger partial charge is 0.140 e. The maximum Gasteiger partial charge on any atom is 0.140 e. The molecule has 7 heteroatoms. The maximum absolute atomic E-state index is 5.62. The Kier molecular flexibility index (Phi) is 2.33. The van der Waals surface area contributed by atoms with E-state index in [0.717, 1.165) is 5.01 Å². The summed E-state index contributed by atoms with van der Waals surface area (Å²) in [4.78, 5) is 9.06. The van der Waals surface area contributed by atoms with Gasteiger partial charge in [-0.2, -0.15) is 5.10 Å². The molecule has 0 aromatic carbocycles. The van der Waals surface area contributed by atoms with Gasteiger partial charge in [-0.15, -0.1) is 21.2 Å². The molecule has 66 valence electrons. The molecule has 0 radical (unpaired) electrons. The number of hydrogen-bond acceptors (Lipinski definition) is 5. The molecular formula is C6H4ClN5S. The van der Waals surface area contributed by atoms with Gasteiger partial charge in [-0.05, 0) is 0 Å². The summed E-state index contributed by atoms with van der Waals surface area (Å²) in [6, 6.07) is 0. The van der Waals surface area contributed by atoms with Crippen molar-refractivity contribution < 1.29 is 0 Å². The van der Waals surface area contributed by atoms with E-state index in [-0.39, 0.29) is 0 Å². The zero-order valence-corrected chi connectivity index (χ0v) is 7.90. The van der Waals surface area contributed by atoms with E-state index in [9.17, 15) is 0 Å². The van der Waals surface area contributed by atoms with Gasteiger partial charge in [-0.25, -0.2) is 9.97 Å². The lowest BCUT2D eigenvalue weighted by Gasteiger charge is -1.84. The van der Waals surface area contributed by atoms with Gasteiger partial charge in [-0.1, -0.05) is 11.6 Å². The molecule has 0 saturated heterocycles. The highest BCUT2D eigenvalue weighted by atomic mass is 35.5. The van der Waals surface area contributed by atoms with Crippen LogP contribution >= 0.6 is 22.9 Å². The minimum atomic E-state index is 0.477. The molecule has 2 aromatic heterocycles. The molecular weight excluding hydrogens is 210 g/mol. The van der Waals surface area contributed by atoms with E-state index in [4.69, 9.17) is 11.6 Å². The third-order valence-corrected chi connectivity index (χ3v) is 2.29. The number of nitrogens with zero attached hydrogens (tertiary/aromatic N) is 5. The van der Waals surface area contributed by atoms with Crippen LogP contribution < -0.4 is 0 Å². The molecule has 0 bridgehead atoms. The summed E-state index contributed by atoms with van der Waals surface area (Å²) in [6.07, 6.45) is 4.48. The van der Waals surface area contributed by atoms with Gasteiger partial charge in [0.1, 0.15) is 22.8 Å². The SMILES string of the molecule is Clc1csc(/C=N/n2cncn2)n1. The van der Waals surface area contributed by atoms with Gasteiger partial charge in [0.2, 0.25) is 0 Å². The zero-order valence-electron chi connectivity index (χ0n) is 6.33. The van der Waals surface area contributed by atoms with Crippen LogP contribution in [0.2, 0.25) is 5.15 Å². The highest BCUT2D eigenvalue weighted by Crippen LogP contribution is 2.11. The lowest BCUT2D eigenvalue weighted by Crippen LogP contribution is -1.89. The highest BCUT2D eigenvalue weighted by Gasteiger charge is 1.94. The normalized spacial score (nSPS) is 11.2. The third kappa shape index (κ3) is 2.10. The summed E-state index contributed by atoms with van der Waals surface area (Å²) in [7, 11) is 0. The maximum atomic E-state index is 5.62. The van der Waals surface area contributed by atoms with Crippen LogP contribution in [0.3, 0.4) is 0 Å². The van der Waals surface area contributed by atoms with Crippen molar-refractivity contribution in [2.45, 2.75) is 0 Å². The highest BCUT2D eigenvalue weighted by molar-refractivity contribution is 7.11. The summed E-state index contributed by atoms with van der Waals surface area (Å²) < 4.78 is 0. The van der Waals surface area contributed by atoms with E-state index >= 15 is 0 Å². The van der Waals surface area contributed by atoms with Crippen molar-refractivity contribution in [1.29, 1.82) is 0 Å². The third-order valence-electron chi connectivity index (χ3n) is 1.19. The van der Waals surface area contributed by atoms with Crippen molar-refractivity contribution in [1.82, 2.24) is 19.9 Å². The number of halogens is 1. The van der Waals surface area contributed by atoms with Gasteiger partial charge < -0.3 is 0 Å². The number of hydrogen-bond donors (Lipinski definition) is 0. The van der Waals surface area contributed by atoms with Crippen molar-refractivity contribution in [2.24, 2.45) is 5.10 Å². The van der Waals surface area contributed by atoms with Crippen molar-refractivity contribution >= 4 is 29.2 Å². The zero-order chi connectivity index (χ0) is 9.10. The van der Waals surface area contributed by atoms with Crippen LogP contribution in [0.1, 0.15) is 5.01 Å². The lowest BCUT2D eigenvalue weighted by atomic mass is 10.8. The summed E-state index contributed by atoms with van der Waals surface area (Å²) >= 11 is 7.04. The molecule has 0 unspecified atom stereocenters. The first-order valence-electron chi connectivity index (χ1n) is 3.34. The fraction of sp³-hybridized carbons (Fsp3) is 0. The standard InChI is InChI=1S/C6H4ClN5S/c7-5-2-13-6(11-5)1-9-12-4-8-3-10-12/h1-4H/b9-1+. The average Bonchev–Trinajstić information content (AvgIpc) is 2.71. The second-order valence-electron chi connectivity index (χ2n) is 2.07. The second-order valence-corrected chi connectivity index (χ2v) is 3.35. The van der Waals surface area contributed by atoms with E-state index in [1.165, 1.54) is 28.8 Å². The molecule has 0 N–H and O–H groups in total. The fourth-order valence-corrected chi connectivity index (χ4v) is 1.50. The Hall–Kier alpha value is -1.27. The van der Waals surface area contributed by atoms with Gasteiger partial charge >= 0.3 is 0 Å². The van der Waals surface area contributed by atoms with E-state index in [1.807, 2.05) is 0 Å². The van der Waals surface area contributed by atoms with Crippen LogP contribution in [0.15, 0.2) is 23.1 Å². The molecule has 13 heavy (non-hydrogen) atoms. The van der Waals surface area contributed by atoms with Crippen LogP contribution in [0, 0.1) is 0 Å². The van der Waals surface area contributed by atoms with E-state index in [2.05, 4.69) is 20.2 Å². The van der Waals surface area contributed by atoms with Crippen molar-refractivity contribution in [2.75, 3.05) is 0 Å². The van der Waals surface area contributed by atoms with Crippen molar-refractivity contribution in [3.63, 3.8) is 0 Å². The van der Waals surface area contributed by atoms with E-state index in [0.29, 0.717) is 5.15 Å². The van der Waals surface area contributed by atoms with E-state index < -0.39 is 0 Å². The average molecular weight is 214 g/mol. The van der Waals surface area contributed by atoms with Crippen LogP contribution in [0.5, 0.6) is 0 Å². The first-order chi connectivity index (χ1) is 6.34. The van der Waals surface area contributed by atoms with Gasteiger partial charge in [-0.3, -0.25) is 0 Å². The number of aromatic nitrogens is 4. The Bertz CT molecular complexity index is 406.